The van der Waals surface area contributed by atoms with Crippen molar-refractivity contribution in [3.63, 3.8) is 0 Å². The molecule has 0 N–H and O–H groups in total. The lowest BCUT2D eigenvalue weighted by Crippen LogP contribution is -2.36. The molecule has 0 unspecified atom stereocenters. The topological polar surface area (TPSA) is 75.4 Å². The lowest BCUT2D eigenvalue weighted by Gasteiger charge is -2.21. The number of aromatic nitrogens is 3. The van der Waals surface area contributed by atoms with Crippen molar-refractivity contribution in [3.05, 3.63) is 39.0 Å². The summed E-state index contributed by atoms with van der Waals surface area (Å²) in [5.41, 5.74) is 0.299. The minimum Gasteiger partial charge on any atom is -0.493 e. The second-order valence-electron chi connectivity index (χ2n) is 6.59. The van der Waals surface area contributed by atoms with Crippen LogP contribution in [-0.4, -0.2) is 28.3 Å². The molecule has 7 heteroatoms. The molecule has 0 atom stereocenters. The first kappa shape index (κ1) is 18.9. The molecule has 0 fully saturated rings. The Morgan fingerprint density at radius 1 is 1.07 bits per heavy atom. The summed E-state index contributed by atoms with van der Waals surface area (Å²) in [4.78, 5) is 29.0. The van der Waals surface area contributed by atoms with E-state index in [9.17, 15) is 9.59 Å². The molecule has 144 valence electrons. The van der Waals surface area contributed by atoms with Gasteiger partial charge in [-0.05, 0) is 24.6 Å². The van der Waals surface area contributed by atoms with Gasteiger partial charge in [-0.1, -0.05) is 26.2 Å². The zero-order valence-corrected chi connectivity index (χ0v) is 16.2. The van der Waals surface area contributed by atoms with Crippen molar-refractivity contribution in [3.8, 4) is 22.9 Å². The Bertz CT molecular complexity index is 1050. The molecule has 0 saturated heterocycles. The summed E-state index contributed by atoms with van der Waals surface area (Å²) in [6.07, 6.45) is 4.23. The van der Waals surface area contributed by atoms with Crippen molar-refractivity contribution >= 4 is 10.9 Å². The van der Waals surface area contributed by atoms with E-state index in [4.69, 9.17) is 9.47 Å². The lowest BCUT2D eigenvalue weighted by atomic mass is 10.1. The number of ether oxygens (including phenoxy) is 2. The number of benzene rings is 1. The van der Waals surface area contributed by atoms with E-state index in [0.29, 0.717) is 29.4 Å². The summed E-state index contributed by atoms with van der Waals surface area (Å²) < 4.78 is 14.0. The molecule has 0 saturated carbocycles. The summed E-state index contributed by atoms with van der Waals surface area (Å²) >= 11 is 0. The van der Waals surface area contributed by atoms with Crippen molar-refractivity contribution in [2.24, 2.45) is 7.05 Å². The number of nitrogens with zero attached hydrogens (tertiary/aromatic N) is 3. The van der Waals surface area contributed by atoms with E-state index in [1.165, 1.54) is 7.05 Å². The molecule has 0 aromatic heterocycles. The Kier molecular flexibility index (Phi) is 5.48. The third kappa shape index (κ3) is 3.29. The standard InChI is InChI=1S/C20H25N3O4/c1-5-6-7-8-11-23-16-13(9-10-15(26-3)17(16)27-4)12-14-18(23)21-20(25)22(2)19(14)24/h9-10,12H,5-8,11H2,1-4H3. The summed E-state index contributed by atoms with van der Waals surface area (Å²) in [5.74, 6) is 1.55. The zero-order chi connectivity index (χ0) is 19.6. The smallest absolute Gasteiger partial charge is 0.352 e. The largest absolute Gasteiger partial charge is 0.493 e. The van der Waals surface area contributed by atoms with Crippen LogP contribution in [0.15, 0.2) is 27.8 Å². The molecule has 1 aromatic rings. The number of pyridine rings is 1. The fourth-order valence-corrected chi connectivity index (χ4v) is 3.42. The molecule has 0 bridgehead atoms. The monoisotopic (exact) mass is 371 g/mol. The first-order valence-electron chi connectivity index (χ1n) is 9.18. The fourth-order valence-electron chi connectivity index (χ4n) is 3.42. The number of hydrogen-bond donors (Lipinski definition) is 0. The van der Waals surface area contributed by atoms with Crippen molar-refractivity contribution in [2.45, 2.75) is 39.2 Å². The number of hydrogen-bond acceptors (Lipinski definition) is 5. The van der Waals surface area contributed by atoms with Gasteiger partial charge in [0.2, 0.25) is 0 Å². The molecule has 27 heavy (non-hydrogen) atoms. The summed E-state index contributed by atoms with van der Waals surface area (Å²) in [7, 11) is 4.61. The van der Waals surface area contributed by atoms with E-state index in [2.05, 4.69) is 11.9 Å². The van der Waals surface area contributed by atoms with Crippen LogP contribution in [0.4, 0.5) is 0 Å². The van der Waals surface area contributed by atoms with Gasteiger partial charge in [-0.3, -0.25) is 9.36 Å². The molecule has 0 radical (unpaired) electrons. The normalized spacial score (nSPS) is 11.3. The van der Waals surface area contributed by atoms with Gasteiger partial charge in [-0.2, -0.15) is 4.98 Å². The third-order valence-corrected chi connectivity index (χ3v) is 4.88. The number of fused-ring (bicyclic) bond motifs is 2. The number of rotatable bonds is 7. The molecule has 2 aliphatic rings. The van der Waals surface area contributed by atoms with Crippen LogP contribution in [0.1, 0.15) is 32.6 Å². The second kappa shape index (κ2) is 7.82. The molecule has 1 aromatic carbocycles. The van der Waals surface area contributed by atoms with Gasteiger partial charge >= 0.3 is 5.69 Å². The molecule has 2 heterocycles. The van der Waals surface area contributed by atoms with Gasteiger partial charge in [0.1, 0.15) is 0 Å². The van der Waals surface area contributed by atoms with Crippen LogP contribution in [0.3, 0.4) is 0 Å². The SMILES string of the molecule is CCCCCCn1c2nc(=O)n(C)c(=O)c-2cc2ccc(OC)c(OC)c21. The first-order chi connectivity index (χ1) is 13.0. The molecule has 0 amide bonds. The average molecular weight is 371 g/mol. The van der Waals surface area contributed by atoms with Gasteiger partial charge in [0.25, 0.3) is 5.56 Å². The maximum absolute atomic E-state index is 12.7. The Hall–Kier alpha value is -2.83. The Labute approximate surface area is 157 Å². The highest BCUT2D eigenvalue weighted by atomic mass is 16.5. The van der Waals surface area contributed by atoms with Crippen LogP contribution < -0.4 is 20.7 Å². The Balaban J connectivity index is 2.37. The molecular weight excluding hydrogens is 346 g/mol. The molecule has 3 rings (SSSR count). The van der Waals surface area contributed by atoms with Crippen LogP contribution in [0.5, 0.6) is 11.5 Å². The van der Waals surface area contributed by atoms with Crippen molar-refractivity contribution < 1.29 is 9.47 Å². The predicted octanol–water partition coefficient (Wildman–Crippen LogP) is 2.80. The Morgan fingerprint density at radius 2 is 1.85 bits per heavy atom. The maximum Gasteiger partial charge on any atom is 0.352 e. The minimum atomic E-state index is -0.559. The van der Waals surface area contributed by atoms with Gasteiger partial charge in [-0.25, -0.2) is 4.79 Å². The van der Waals surface area contributed by atoms with Crippen LogP contribution in [-0.2, 0) is 13.6 Å². The maximum atomic E-state index is 12.7. The van der Waals surface area contributed by atoms with Gasteiger partial charge < -0.3 is 14.0 Å². The van der Waals surface area contributed by atoms with Gasteiger partial charge in [-0.15, -0.1) is 0 Å². The van der Waals surface area contributed by atoms with E-state index >= 15 is 0 Å². The van der Waals surface area contributed by atoms with Crippen LogP contribution in [0, 0.1) is 0 Å². The quantitative estimate of drug-likeness (QED) is 0.472. The van der Waals surface area contributed by atoms with Crippen molar-refractivity contribution in [1.29, 1.82) is 0 Å². The summed E-state index contributed by atoms with van der Waals surface area (Å²) in [6, 6.07) is 5.47. The van der Waals surface area contributed by atoms with Crippen molar-refractivity contribution in [1.82, 2.24) is 14.1 Å². The highest BCUT2D eigenvalue weighted by Gasteiger charge is 2.22. The number of methoxy groups -OCH3 is 2. The number of unbranched alkanes of at least 4 members (excludes halogenated alkanes) is 3. The first-order valence-corrected chi connectivity index (χ1v) is 9.18. The van der Waals surface area contributed by atoms with E-state index in [1.54, 1.807) is 20.3 Å². The van der Waals surface area contributed by atoms with Crippen LogP contribution in [0.25, 0.3) is 22.3 Å². The average Bonchev–Trinajstić information content (AvgIpc) is 2.68. The molecular formula is C20H25N3O4. The highest BCUT2D eigenvalue weighted by molar-refractivity contribution is 5.92. The van der Waals surface area contributed by atoms with E-state index < -0.39 is 5.69 Å². The molecule has 0 aliphatic carbocycles. The summed E-state index contributed by atoms with van der Waals surface area (Å²) in [5, 5.41) is 0.841. The zero-order valence-electron chi connectivity index (χ0n) is 16.2. The van der Waals surface area contributed by atoms with Crippen molar-refractivity contribution in [2.75, 3.05) is 14.2 Å². The molecule has 2 aliphatic heterocycles. The third-order valence-electron chi connectivity index (χ3n) is 4.88. The van der Waals surface area contributed by atoms with Gasteiger partial charge in [0, 0.05) is 19.0 Å². The van der Waals surface area contributed by atoms with Crippen LogP contribution >= 0.6 is 0 Å². The fraction of sp³-hybridized carbons (Fsp3) is 0.450. The van der Waals surface area contributed by atoms with E-state index in [1.807, 2.05) is 16.7 Å². The van der Waals surface area contributed by atoms with Gasteiger partial charge in [0.15, 0.2) is 17.3 Å². The molecule has 7 nitrogen and oxygen atoms in total. The lowest BCUT2D eigenvalue weighted by molar-refractivity contribution is 0.356. The van der Waals surface area contributed by atoms with Crippen LogP contribution in [0.2, 0.25) is 0 Å². The molecule has 0 spiro atoms. The summed E-state index contributed by atoms with van der Waals surface area (Å²) in [6.45, 7) is 2.79. The van der Waals surface area contributed by atoms with E-state index in [0.717, 1.165) is 41.2 Å². The predicted molar refractivity (Wildman–Crippen MR) is 105 cm³/mol. The minimum absolute atomic E-state index is 0.344. The van der Waals surface area contributed by atoms with Gasteiger partial charge in [0.05, 0.1) is 25.3 Å². The number of aryl methyl sites for hydroxylation is 1. The highest BCUT2D eigenvalue weighted by Crippen LogP contribution is 2.38. The second-order valence-corrected chi connectivity index (χ2v) is 6.59. The Morgan fingerprint density at radius 3 is 2.52 bits per heavy atom. The van der Waals surface area contributed by atoms with E-state index in [-0.39, 0.29) is 5.56 Å².